The van der Waals surface area contributed by atoms with Crippen molar-refractivity contribution in [1.29, 1.82) is 0 Å². The summed E-state index contributed by atoms with van der Waals surface area (Å²) in [5.74, 6) is -1.09. The average Bonchev–Trinajstić information content (AvgIpc) is 2.69. The molecule has 0 aliphatic carbocycles. The zero-order chi connectivity index (χ0) is 20.5. The first-order chi connectivity index (χ1) is 13.4. The minimum atomic E-state index is -0.838. The van der Waals surface area contributed by atoms with Crippen molar-refractivity contribution in [3.8, 4) is 0 Å². The van der Waals surface area contributed by atoms with Gasteiger partial charge in [-0.3, -0.25) is 9.79 Å². The Morgan fingerprint density at radius 3 is 2.34 bits per heavy atom. The van der Waals surface area contributed by atoms with Gasteiger partial charge in [-0.2, -0.15) is 0 Å². The van der Waals surface area contributed by atoms with Crippen LogP contribution in [-0.2, 0) is 12.8 Å². The first-order valence-electron chi connectivity index (χ1n) is 9.10. The van der Waals surface area contributed by atoms with E-state index in [0.717, 1.165) is 11.6 Å². The third-order valence-electron chi connectivity index (χ3n) is 4.23. The number of carbonyl (C=O) groups is 1. The van der Waals surface area contributed by atoms with Gasteiger partial charge >= 0.3 is 0 Å². The number of carbonyl (C=O) groups excluding carboxylic acids is 1. The summed E-state index contributed by atoms with van der Waals surface area (Å²) in [4.78, 5) is 17.7. The lowest BCUT2D eigenvalue weighted by Crippen LogP contribution is -2.39. The molecule has 0 saturated carbocycles. The molecule has 0 atom stereocenters. The standard InChI is InChI=1S/C21H26F2N4O.HI/c1-24-21(26-13-11-16-7-5-9-18(22)19(16)23)25-12-10-15-6-4-8-17(14-15)20(28)27(2)3;/h4-9,14H,10-13H2,1-3H3,(H2,24,25,26);1H. The van der Waals surface area contributed by atoms with Gasteiger partial charge in [0.05, 0.1) is 0 Å². The molecule has 8 heteroatoms. The van der Waals surface area contributed by atoms with Crippen molar-refractivity contribution >= 4 is 35.8 Å². The highest BCUT2D eigenvalue weighted by atomic mass is 127. The van der Waals surface area contributed by atoms with Crippen LogP contribution in [0.1, 0.15) is 21.5 Å². The van der Waals surface area contributed by atoms with Crippen molar-refractivity contribution in [2.45, 2.75) is 12.8 Å². The molecule has 0 aliphatic heterocycles. The third-order valence-corrected chi connectivity index (χ3v) is 4.23. The van der Waals surface area contributed by atoms with Gasteiger partial charge in [0.2, 0.25) is 0 Å². The summed E-state index contributed by atoms with van der Waals surface area (Å²) in [7, 11) is 5.10. The van der Waals surface area contributed by atoms with E-state index in [2.05, 4.69) is 15.6 Å². The Bertz CT molecular complexity index is 843. The maximum absolute atomic E-state index is 13.7. The third kappa shape index (κ3) is 7.60. The number of benzene rings is 2. The fraction of sp³-hybridized carbons (Fsp3) is 0.333. The van der Waals surface area contributed by atoms with Gasteiger partial charge in [0.25, 0.3) is 5.91 Å². The Morgan fingerprint density at radius 2 is 1.69 bits per heavy atom. The maximum Gasteiger partial charge on any atom is 0.253 e. The van der Waals surface area contributed by atoms with E-state index < -0.39 is 11.6 Å². The molecule has 5 nitrogen and oxygen atoms in total. The molecule has 2 N–H and O–H groups in total. The number of amides is 1. The summed E-state index contributed by atoms with van der Waals surface area (Å²) in [6.45, 7) is 1.04. The molecule has 2 aromatic rings. The maximum atomic E-state index is 13.7. The lowest BCUT2D eigenvalue weighted by Gasteiger charge is -2.13. The second kappa shape index (κ2) is 12.4. The number of rotatable bonds is 7. The molecule has 1 amide bonds. The van der Waals surface area contributed by atoms with Crippen LogP contribution >= 0.6 is 24.0 Å². The summed E-state index contributed by atoms with van der Waals surface area (Å²) in [5.41, 5.74) is 2.02. The Balaban J connectivity index is 0.00000420. The summed E-state index contributed by atoms with van der Waals surface area (Å²) >= 11 is 0. The largest absolute Gasteiger partial charge is 0.356 e. The molecule has 0 unspecified atom stereocenters. The van der Waals surface area contributed by atoms with Crippen LogP contribution in [0.15, 0.2) is 47.5 Å². The van der Waals surface area contributed by atoms with Gasteiger partial charge in [0.1, 0.15) is 0 Å². The SMILES string of the molecule is CN=C(NCCc1cccc(C(=O)N(C)C)c1)NCCc1cccc(F)c1F.I. The van der Waals surface area contributed by atoms with Crippen LogP contribution in [0, 0.1) is 11.6 Å². The van der Waals surface area contributed by atoms with E-state index >= 15 is 0 Å². The van der Waals surface area contributed by atoms with E-state index in [1.165, 1.54) is 6.07 Å². The molecule has 0 aliphatic rings. The molecule has 158 valence electrons. The predicted octanol–water partition coefficient (Wildman–Crippen LogP) is 3.23. The Hall–Kier alpha value is -2.23. The quantitative estimate of drug-likeness (QED) is 0.338. The Labute approximate surface area is 187 Å². The van der Waals surface area contributed by atoms with E-state index in [1.807, 2.05) is 18.2 Å². The first-order valence-corrected chi connectivity index (χ1v) is 9.10. The zero-order valence-electron chi connectivity index (χ0n) is 16.8. The van der Waals surface area contributed by atoms with Crippen LogP contribution < -0.4 is 10.6 Å². The minimum absolute atomic E-state index is 0. The van der Waals surface area contributed by atoms with E-state index in [1.54, 1.807) is 38.2 Å². The predicted molar refractivity (Wildman–Crippen MR) is 123 cm³/mol. The lowest BCUT2D eigenvalue weighted by molar-refractivity contribution is 0.0827. The van der Waals surface area contributed by atoms with E-state index in [4.69, 9.17) is 0 Å². The second-order valence-corrected chi connectivity index (χ2v) is 6.54. The lowest BCUT2D eigenvalue weighted by atomic mass is 10.1. The number of hydrogen-bond acceptors (Lipinski definition) is 2. The van der Waals surface area contributed by atoms with Crippen LogP contribution in [0.3, 0.4) is 0 Å². The monoisotopic (exact) mass is 516 g/mol. The molecule has 2 aromatic carbocycles. The van der Waals surface area contributed by atoms with Gasteiger partial charge < -0.3 is 15.5 Å². The van der Waals surface area contributed by atoms with E-state index in [9.17, 15) is 13.6 Å². The van der Waals surface area contributed by atoms with E-state index in [0.29, 0.717) is 43.0 Å². The van der Waals surface area contributed by atoms with Gasteiger partial charge in [-0.1, -0.05) is 24.3 Å². The zero-order valence-corrected chi connectivity index (χ0v) is 19.2. The molecule has 0 heterocycles. The topological polar surface area (TPSA) is 56.7 Å². The highest BCUT2D eigenvalue weighted by molar-refractivity contribution is 14.0. The van der Waals surface area contributed by atoms with Crippen molar-refractivity contribution in [1.82, 2.24) is 15.5 Å². The molecule has 0 aromatic heterocycles. The van der Waals surface area contributed by atoms with Crippen molar-refractivity contribution in [2.75, 3.05) is 34.2 Å². The highest BCUT2D eigenvalue weighted by Gasteiger charge is 2.09. The molecule has 0 saturated heterocycles. The summed E-state index contributed by atoms with van der Waals surface area (Å²) in [5, 5.41) is 6.26. The number of nitrogens with one attached hydrogen (secondary N) is 2. The molecule has 0 radical (unpaired) electrons. The summed E-state index contributed by atoms with van der Waals surface area (Å²) in [6.07, 6.45) is 1.06. The molecule has 2 rings (SSSR count). The minimum Gasteiger partial charge on any atom is -0.356 e. The Morgan fingerprint density at radius 1 is 1.03 bits per heavy atom. The number of halogens is 3. The molecular weight excluding hydrogens is 489 g/mol. The average molecular weight is 516 g/mol. The fourth-order valence-electron chi connectivity index (χ4n) is 2.72. The van der Waals surface area contributed by atoms with Crippen LogP contribution in [0.25, 0.3) is 0 Å². The van der Waals surface area contributed by atoms with Gasteiger partial charge in [0, 0.05) is 39.8 Å². The molecule has 29 heavy (non-hydrogen) atoms. The van der Waals surface area contributed by atoms with E-state index in [-0.39, 0.29) is 29.9 Å². The van der Waals surface area contributed by atoms with Crippen LogP contribution in [-0.4, -0.2) is 51.0 Å². The second-order valence-electron chi connectivity index (χ2n) is 6.54. The highest BCUT2D eigenvalue weighted by Crippen LogP contribution is 2.11. The number of aliphatic imine (C=N–C) groups is 1. The molecule has 0 fully saturated rings. The summed E-state index contributed by atoms with van der Waals surface area (Å²) in [6, 6.07) is 11.7. The first kappa shape index (κ1) is 24.8. The Kier molecular flexibility index (Phi) is 10.6. The summed E-state index contributed by atoms with van der Waals surface area (Å²) < 4.78 is 26.9. The fourth-order valence-corrected chi connectivity index (χ4v) is 2.72. The number of nitrogens with zero attached hydrogens (tertiary/aromatic N) is 2. The number of guanidine groups is 1. The van der Waals surface area contributed by atoms with Crippen molar-refractivity contribution < 1.29 is 13.6 Å². The van der Waals surface area contributed by atoms with Crippen molar-refractivity contribution in [2.24, 2.45) is 4.99 Å². The van der Waals surface area contributed by atoms with Crippen LogP contribution in [0.2, 0.25) is 0 Å². The van der Waals surface area contributed by atoms with Gasteiger partial charge in [0.15, 0.2) is 17.6 Å². The van der Waals surface area contributed by atoms with Crippen molar-refractivity contribution in [3.63, 3.8) is 0 Å². The van der Waals surface area contributed by atoms with Crippen LogP contribution in [0.5, 0.6) is 0 Å². The van der Waals surface area contributed by atoms with Gasteiger partial charge in [-0.05, 0) is 42.2 Å². The molecule has 0 bridgehead atoms. The van der Waals surface area contributed by atoms with Gasteiger partial charge in [-0.25, -0.2) is 8.78 Å². The van der Waals surface area contributed by atoms with Gasteiger partial charge in [-0.15, -0.1) is 24.0 Å². The molecule has 0 spiro atoms. The molecular formula is C21H27F2IN4O. The smallest absolute Gasteiger partial charge is 0.253 e. The number of hydrogen-bond donors (Lipinski definition) is 2. The normalized spacial score (nSPS) is 10.9. The van der Waals surface area contributed by atoms with Crippen LogP contribution in [0.4, 0.5) is 8.78 Å². The van der Waals surface area contributed by atoms with Crippen molar-refractivity contribution in [3.05, 3.63) is 70.8 Å².